The van der Waals surface area contributed by atoms with E-state index in [9.17, 15) is 4.79 Å². The topological polar surface area (TPSA) is 67.5 Å². The van der Waals surface area contributed by atoms with E-state index in [0.717, 1.165) is 30.2 Å². The molecule has 0 atom stereocenters. The molecule has 94 valence electrons. The summed E-state index contributed by atoms with van der Waals surface area (Å²) in [4.78, 5) is 15.6. The molecule has 0 radical (unpaired) electrons. The van der Waals surface area contributed by atoms with Crippen molar-refractivity contribution in [3.05, 3.63) is 29.7 Å². The maximum atomic E-state index is 11.1. The molecule has 1 saturated heterocycles. The van der Waals surface area contributed by atoms with Gasteiger partial charge in [-0.15, -0.1) is 0 Å². The molecular formula is C12H13N3O2S. The maximum Gasteiger partial charge on any atom is 0.354 e. The molecule has 0 aliphatic carbocycles. The predicted molar refractivity (Wildman–Crippen MR) is 69.2 cm³/mol. The van der Waals surface area contributed by atoms with E-state index < -0.39 is 5.97 Å². The maximum absolute atomic E-state index is 11.1. The summed E-state index contributed by atoms with van der Waals surface area (Å²) in [6.07, 6.45) is 2.15. The number of aromatic nitrogens is 3. The van der Waals surface area contributed by atoms with Gasteiger partial charge in [0.2, 0.25) is 0 Å². The summed E-state index contributed by atoms with van der Waals surface area (Å²) in [5, 5.41) is 13.5. The van der Waals surface area contributed by atoms with Crippen LogP contribution in [0.4, 0.5) is 0 Å². The quantitative estimate of drug-likeness (QED) is 0.898. The van der Waals surface area contributed by atoms with Crippen LogP contribution in [0.3, 0.4) is 0 Å². The van der Waals surface area contributed by atoms with Crippen LogP contribution in [0, 0.1) is 0 Å². The van der Waals surface area contributed by atoms with Crippen molar-refractivity contribution >= 4 is 23.4 Å². The molecule has 18 heavy (non-hydrogen) atoms. The van der Waals surface area contributed by atoms with Gasteiger partial charge in [0.05, 0.1) is 0 Å². The number of carboxylic acid groups (broad SMARTS) is 1. The molecule has 2 aromatic heterocycles. The van der Waals surface area contributed by atoms with E-state index in [2.05, 4.69) is 10.1 Å². The van der Waals surface area contributed by atoms with Crippen molar-refractivity contribution in [1.82, 2.24) is 14.6 Å². The Morgan fingerprint density at radius 1 is 1.39 bits per heavy atom. The van der Waals surface area contributed by atoms with Crippen LogP contribution in [-0.4, -0.2) is 37.2 Å². The zero-order chi connectivity index (χ0) is 12.5. The van der Waals surface area contributed by atoms with Crippen LogP contribution < -0.4 is 0 Å². The largest absolute Gasteiger partial charge is 0.477 e. The molecule has 0 amide bonds. The van der Waals surface area contributed by atoms with Crippen molar-refractivity contribution in [2.75, 3.05) is 11.5 Å². The molecule has 3 heterocycles. The first kappa shape index (κ1) is 11.5. The number of carboxylic acids is 1. The van der Waals surface area contributed by atoms with Gasteiger partial charge in [0.1, 0.15) is 0 Å². The fraction of sp³-hybridized carbons (Fsp3) is 0.417. The highest BCUT2D eigenvalue weighted by Crippen LogP contribution is 2.29. The molecular weight excluding hydrogens is 250 g/mol. The number of hydrogen-bond donors (Lipinski definition) is 1. The zero-order valence-electron chi connectivity index (χ0n) is 9.74. The first-order chi connectivity index (χ1) is 8.75. The van der Waals surface area contributed by atoms with Gasteiger partial charge < -0.3 is 5.11 Å². The third-order valence-electron chi connectivity index (χ3n) is 3.18. The van der Waals surface area contributed by atoms with E-state index >= 15 is 0 Å². The fourth-order valence-electron chi connectivity index (χ4n) is 2.21. The molecule has 1 aliphatic rings. The van der Waals surface area contributed by atoms with E-state index in [0.29, 0.717) is 11.6 Å². The Bertz CT molecular complexity index is 590. The number of aromatic carboxylic acids is 1. The van der Waals surface area contributed by atoms with Crippen molar-refractivity contribution in [2.45, 2.75) is 18.8 Å². The molecule has 0 aromatic carbocycles. The van der Waals surface area contributed by atoms with E-state index in [4.69, 9.17) is 5.11 Å². The molecule has 0 unspecified atom stereocenters. The third kappa shape index (κ3) is 1.96. The molecule has 2 aromatic rings. The minimum atomic E-state index is -0.976. The van der Waals surface area contributed by atoms with Crippen LogP contribution in [0.5, 0.6) is 0 Å². The van der Waals surface area contributed by atoms with Crippen LogP contribution in [-0.2, 0) is 0 Å². The summed E-state index contributed by atoms with van der Waals surface area (Å²) >= 11 is 1.95. The number of fused-ring (bicyclic) bond motifs is 1. The number of pyridine rings is 1. The Labute approximate surface area is 108 Å². The molecule has 1 fully saturated rings. The zero-order valence-corrected chi connectivity index (χ0v) is 10.6. The minimum absolute atomic E-state index is 0.163. The van der Waals surface area contributed by atoms with Crippen LogP contribution in [0.1, 0.15) is 35.1 Å². The Morgan fingerprint density at radius 2 is 2.17 bits per heavy atom. The van der Waals surface area contributed by atoms with Crippen LogP contribution in [0.25, 0.3) is 5.65 Å². The van der Waals surface area contributed by atoms with Crippen LogP contribution in [0.15, 0.2) is 18.2 Å². The Balaban J connectivity index is 2.04. The lowest BCUT2D eigenvalue weighted by Crippen LogP contribution is -2.10. The van der Waals surface area contributed by atoms with Gasteiger partial charge >= 0.3 is 5.97 Å². The monoisotopic (exact) mass is 263 g/mol. The average Bonchev–Trinajstić information content (AvgIpc) is 2.83. The van der Waals surface area contributed by atoms with Crippen molar-refractivity contribution in [2.24, 2.45) is 0 Å². The van der Waals surface area contributed by atoms with Gasteiger partial charge in [-0.25, -0.2) is 14.3 Å². The highest BCUT2D eigenvalue weighted by molar-refractivity contribution is 7.99. The highest BCUT2D eigenvalue weighted by atomic mass is 32.2. The summed E-state index contributed by atoms with van der Waals surface area (Å²) in [5.41, 5.74) is 0.777. The van der Waals surface area contributed by atoms with Gasteiger partial charge in [0.25, 0.3) is 0 Å². The normalized spacial score (nSPS) is 17.1. The van der Waals surface area contributed by atoms with E-state index in [1.165, 1.54) is 4.52 Å². The number of thioether (sulfide) groups is 1. The second kappa shape index (κ2) is 4.61. The highest BCUT2D eigenvalue weighted by Gasteiger charge is 2.21. The molecule has 0 spiro atoms. The lowest BCUT2D eigenvalue weighted by atomic mass is 10.0. The second-order valence-corrected chi connectivity index (χ2v) is 5.57. The van der Waals surface area contributed by atoms with Gasteiger partial charge in [-0.1, -0.05) is 6.07 Å². The van der Waals surface area contributed by atoms with Crippen molar-refractivity contribution in [3.63, 3.8) is 0 Å². The van der Waals surface area contributed by atoms with E-state index in [1.807, 2.05) is 11.8 Å². The Morgan fingerprint density at radius 3 is 2.89 bits per heavy atom. The van der Waals surface area contributed by atoms with Crippen LogP contribution >= 0.6 is 11.8 Å². The SMILES string of the molecule is O=C(O)c1cccc2nc(C3CCSCC3)nn12. The summed E-state index contributed by atoms with van der Waals surface area (Å²) < 4.78 is 1.43. The molecule has 5 nitrogen and oxygen atoms in total. The number of hydrogen-bond acceptors (Lipinski definition) is 4. The standard InChI is InChI=1S/C12H13N3O2S/c16-12(17)9-2-1-3-10-13-11(14-15(9)10)8-4-6-18-7-5-8/h1-3,8H,4-7H2,(H,16,17). The molecule has 1 N–H and O–H groups in total. The predicted octanol–water partition coefficient (Wildman–Crippen LogP) is 2.04. The van der Waals surface area contributed by atoms with Gasteiger partial charge in [-0.2, -0.15) is 16.9 Å². The number of nitrogens with zero attached hydrogens (tertiary/aromatic N) is 3. The van der Waals surface area contributed by atoms with Crippen LogP contribution in [0.2, 0.25) is 0 Å². The van der Waals surface area contributed by atoms with Gasteiger partial charge in [0.15, 0.2) is 17.2 Å². The number of carbonyl (C=O) groups is 1. The van der Waals surface area contributed by atoms with E-state index in [-0.39, 0.29) is 5.69 Å². The summed E-state index contributed by atoms with van der Waals surface area (Å²) in [7, 11) is 0. The van der Waals surface area contributed by atoms with E-state index in [1.54, 1.807) is 18.2 Å². The minimum Gasteiger partial charge on any atom is -0.477 e. The van der Waals surface area contributed by atoms with Gasteiger partial charge in [0, 0.05) is 5.92 Å². The third-order valence-corrected chi connectivity index (χ3v) is 4.23. The fourth-order valence-corrected chi connectivity index (χ4v) is 3.32. The number of rotatable bonds is 2. The Kier molecular flexibility index (Phi) is 2.95. The summed E-state index contributed by atoms with van der Waals surface area (Å²) in [6, 6.07) is 5.04. The van der Waals surface area contributed by atoms with Crippen molar-refractivity contribution in [3.8, 4) is 0 Å². The van der Waals surface area contributed by atoms with Crippen molar-refractivity contribution < 1.29 is 9.90 Å². The molecule has 0 saturated carbocycles. The first-order valence-electron chi connectivity index (χ1n) is 5.92. The van der Waals surface area contributed by atoms with Gasteiger partial charge in [-0.05, 0) is 36.5 Å². The summed E-state index contributed by atoms with van der Waals surface area (Å²) in [6.45, 7) is 0. The lowest BCUT2D eigenvalue weighted by Gasteiger charge is -2.17. The smallest absolute Gasteiger partial charge is 0.354 e. The molecule has 0 bridgehead atoms. The average molecular weight is 263 g/mol. The molecule has 1 aliphatic heterocycles. The van der Waals surface area contributed by atoms with Gasteiger partial charge in [-0.3, -0.25) is 0 Å². The second-order valence-electron chi connectivity index (χ2n) is 4.34. The first-order valence-corrected chi connectivity index (χ1v) is 7.08. The lowest BCUT2D eigenvalue weighted by molar-refractivity contribution is 0.0687. The molecule has 6 heteroatoms. The Hall–Kier alpha value is -1.56. The summed E-state index contributed by atoms with van der Waals surface area (Å²) in [5.74, 6) is 2.44. The molecule has 3 rings (SSSR count). The van der Waals surface area contributed by atoms with Crippen molar-refractivity contribution in [1.29, 1.82) is 0 Å².